The lowest BCUT2D eigenvalue weighted by atomic mass is 10.0. The number of nitrogens with one attached hydrogen (secondary N) is 1. The Morgan fingerprint density at radius 1 is 1.38 bits per heavy atom. The predicted octanol–water partition coefficient (Wildman–Crippen LogP) is 3.18. The highest BCUT2D eigenvalue weighted by molar-refractivity contribution is 5.83. The van der Waals surface area contributed by atoms with E-state index in [0.29, 0.717) is 0 Å². The Morgan fingerprint density at radius 2 is 2.19 bits per heavy atom. The number of aliphatic hydroxyl groups excluding tert-OH is 1. The molecule has 0 aliphatic carbocycles. The van der Waals surface area contributed by atoms with Crippen LogP contribution in [0.2, 0.25) is 0 Å². The van der Waals surface area contributed by atoms with Crippen molar-refractivity contribution in [3.63, 3.8) is 0 Å². The first-order valence-corrected chi connectivity index (χ1v) is 5.95. The quantitative estimate of drug-likeness (QED) is 0.810. The first kappa shape index (κ1) is 11.2. The number of aromatic nitrogens is 1. The van der Waals surface area contributed by atoms with Crippen LogP contribution in [0.5, 0.6) is 0 Å². The summed E-state index contributed by atoms with van der Waals surface area (Å²) in [5, 5.41) is 11.0. The molecule has 1 heterocycles. The first-order valence-electron chi connectivity index (χ1n) is 5.95. The Morgan fingerprint density at radius 3 is 2.94 bits per heavy atom. The molecule has 0 amide bonds. The van der Waals surface area contributed by atoms with E-state index in [0.717, 1.165) is 19.3 Å². The van der Waals surface area contributed by atoms with Crippen LogP contribution in [-0.4, -0.2) is 16.2 Å². The van der Waals surface area contributed by atoms with E-state index in [2.05, 4.69) is 37.0 Å². The first-order chi connectivity index (χ1) is 7.70. The van der Waals surface area contributed by atoms with Crippen LogP contribution in [0, 0.1) is 6.92 Å². The van der Waals surface area contributed by atoms with Gasteiger partial charge >= 0.3 is 0 Å². The molecule has 1 unspecified atom stereocenters. The van der Waals surface area contributed by atoms with Gasteiger partial charge in [-0.25, -0.2) is 0 Å². The Kier molecular flexibility index (Phi) is 3.30. The van der Waals surface area contributed by atoms with E-state index in [1.807, 2.05) is 6.20 Å². The zero-order valence-electron chi connectivity index (χ0n) is 9.96. The molecule has 2 nitrogen and oxygen atoms in total. The summed E-state index contributed by atoms with van der Waals surface area (Å²) in [4.78, 5) is 3.23. The van der Waals surface area contributed by atoms with Gasteiger partial charge in [0.2, 0.25) is 0 Å². The number of hydrogen-bond acceptors (Lipinski definition) is 1. The summed E-state index contributed by atoms with van der Waals surface area (Å²) in [7, 11) is 0. The zero-order valence-corrected chi connectivity index (χ0v) is 9.96. The van der Waals surface area contributed by atoms with Gasteiger partial charge in [0.1, 0.15) is 0 Å². The molecular formula is C14H19NO. The van der Waals surface area contributed by atoms with Crippen LogP contribution < -0.4 is 0 Å². The van der Waals surface area contributed by atoms with Crippen LogP contribution in [0.4, 0.5) is 0 Å². The van der Waals surface area contributed by atoms with Gasteiger partial charge in [-0.05, 0) is 48.4 Å². The van der Waals surface area contributed by atoms with Crippen LogP contribution >= 0.6 is 0 Å². The van der Waals surface area contributed by atoms with Crippen molar-refractivity contribution in [3.05, 3.63) is 35.5 Å². The van der Waals surface area contributed by atoms with Gasteiger partial charge in [-0.2, -0.15) is 0 Å². The molecule has 0 saturated heterocycles. The smallest absolute Gasteiger partial charge is 0.0580 e. The summed E-state index contributed by atoms with van der Waals surface area (Å²) >= 11 is 0. The maximum absolute atomic E-state index is 9.81. The summed E-state index contributed by atoms with van der Waals surface area (Å²) in [5.41, 5.74) is 3.68. The van der Waals surface area contributed by atoms with Gasteiger partial charge in [-0.1, -0.05) is 19.4 Å². The van der Waals surface area contributed by atoms with Crippen LogP contribution in [-0.2, 0) is 6.42 Å². The molecule has 2 heteroatoms. The summed E-state index contributed by atoms with van der Waals surface area (Å²) in [6.07, 6.45) is 4.43. The Balaban J connectivity index is 2.24. The molecule has 2 rings (SSSR count). The average molecular weight is 217 g/mol. The highest BCUT2D eigenvalue weighted by Gasteiger charge is 2.07. The van der Waals surface area contributed by atoms with Crippen molar-refractivity contribution in [2.75, 3.05) is 0 Å². The highest BCUT2D eigenvalue weighted by Crippen LogP contribution is 2.20. The second kappa shape index (κ2) is 4.71. The molecule has 1 atom stereocenters. The number of rotatable bonds is 4. The number of aryl methyl sites for hydroxylation is 1. The molecule has 0 aliphatic heterocycles. The fourth-order valence-electron chi connectivity index (χ4n) is 2.26. The molecule has 0 fully saturated rings. The van der Waals surface area contributed by atoms with Crippen LogP contribution in [0.25, 0.3) is 10.9 Å². The third kappa shape index (κ3) is 2.27. The average Bonchev–Trinajstić information content (AvgIpc) is 2.66. The number of fused-ring (bicyclic) bond motifs is 1. The van der Waals surface area contributed by atoms with E-state index in [9.17, 15) is 5.11 Å². The zero-order chi connectivity index (χ0) is 11.5. The molecule has 0 aliphatic rings. The SMILES string of the molecule is CCCC(O)Cc1cc(C)c2[nH]ccc2c1. The van der Waals surface area contributed by atoms with E-state index in [1.165, 1.54) is 22.0 Å². The molecule has 0 bridgehead atoms. The largest absolute Gasteiger partial charge is 0.393 e. The Bertz CT molecular complexity index is 473. The van der Waals surface area contributed by atoms with E-state index in [1.54, 1.807) is 0 Å². The minimum absolute atomic E-state index is 0.208. The maximum atomic E-state index is 9.81. The fraction of sp³-hybridized carbons (Fsp3) is 0.429. The van der Waals surface area contributed by atoms with Crippen molar-refractivity contribution in [2.45, 2.75) is 39.2 Å². The van der Waals surface area contributed by atoms with Gasteiger partial charge < -0.3 is 10.1 Å². The lowest BCUT2D eigenvalue weighted by molar-refractivity contribution is 0.164. The molecule has 2 N–H and O–H groups in total. The van der Waals surface area contributed by atoms with Gasteiger partial charge in [0.05, 0.1) is 6.10 Å². The highest BCUT2D eigenvalue weighted by atomic mass is 16.3. The summed E-state index contributed by atoms with van der Waals surface area (Å²) in [6, 6.07) is 6.41. The van der Waals surface area contributed by atoms with Crippen molar-refractivity contribution in [3.8, 4) is 0 Å². The molecule has 1 aromatic heterocycles. The predicted molar refractivity (Wildman–Crippen MR) is 67.7 cm³/mol. The molecule has 0 spiro atoms. The third-order valence-electron chi connectivity index (χ3n) is 3.01. The monoisotopic (exact) mass is 217 g/mol. The van der Waals surface area contributed by atoms with Gasteiger partial charge in [0.15, 0.2) is 0 Å². The summed E-state index contributed by atoms with van der Waals surface area (Å²) in [5.74, 6) is 0. The van der Waals surface area contributed by atoms with E-state index in [4.69, 9.17) is 0 Å². The number of H-pyrrole nitrogens is 1. The number of benzene rings is 1. The Labute approximate surface area is 96.3 Å². The number of aromatic amines is 1. The lowest BCUT2D eigenvalue weighted by Gasteiger charge is -2.10. The van der Waals surface area contributed by atoms with Crippen molar-refractivity contribution < 1.29 is 5.11 Å². The molecule has 0 radical (unpaired) electrons. The second-order valence-electron chi connectivity index (χ2n) is 4.50. The van der Waals surface area contributed by atoms with E-state index < -0.39 is 0 Å². The lowest BCUT2D eigenvalue weighted by Crippen LogP contribution is -2.09. The molecule has 16 heavy (non-hydrogen) atoms. The van der Waals surface area contributed by atoms with Crippen molar-refractivity contribution in [1.82, 2.24) is 4.98 Å². The molecule has 1 aromatic carbocycles. The molecular weight excluding hydrogens is 198 g/mol. The van der Waals surface area contributed by atoms with Crippen LogP contribution in [0.1, 0.15) is 30.9 Å². The minimum Gasteiger partial charge on any atom is -0.393 e. The van der Waals surface area contributed by atoms with Crippen molar-refractivity contribution >= 4 is 10.9 Å². The van der Waals surface area contributed by atoms with Crippen molar-refractivity contribution in [1.29, 1.82) is 0 Å². The number of hydrogen-bond donors (Lipinski definition) is 2. The van der Waals surface area contributed by atoms with Crippen LogP contribution in [0.15, 0.2) is 24.4 Å². The van der Waals surface area contributed by atoms with Gasteiger partial charge in [-0.15, -0.1) is 0 Å². The van der Waals surface area contributed by atoms with Gasteiger partial charge in [-0.3, -0.25) is 0 Å². The molecule has 2 aromatic rings. The molecule has 86 valence electrons. The van der Waals surface area contributed by atoms with Crippen molar-refractivity contribution in [2.24, 2.45) is 0 Å². The minimum atomic E-state index is -0.208. The fourth-order valence-corrected chi connectivity index (χ4v) is 2.26. The second-order valence-corrected chi connectivity index (χ2v) is 4.50. The maximum Gasteiger partial charge on any atom is 0.0580 e. The van der Waals surface area contributed by atoms with Crippen LogP contribution in [0.3, 0.4) is 0 Å². The van der Waals surface area contributed by atoms with Gasteiger partial charge in [0.25, 0.3) is 0 Å². The summed E-state index contributed by atoms with van der Waals surface area (Å²) in [6.45, 7) is 4.21. The topological polar surface area (TPSA) is 36.0 Å². The third-order valence-corrected chi connectivity index (χ3v) is 3.01. The normalized spacial score (nSPS) is 13.2. The van der Waals surface area contributed by atoms with E-state index >= 15 is 0 Å². The standard InChI is InChI=1S/C14H19NO/c1-3-4-13(16)9-11-7-10(2)14-12(8-11)5-6-15-14/h5-8,13,15-16H,3-4,9H2,1-2H3. The van der Waals surface area contributed by atoms with E-state index in [-0.39, 0.29) is 6.10 Å². The Hall–Kier alpha value is -1.28. The molecule has 0 saturated carbocycles. The summed E-state index contributed by atoms with van der Waals surface area (Å²) < 4.78 is 0. The number of aliphatic hydroxyl groups is 1. The van der Waals surface area contributed by atoms with Gasteiger partial charge in [0, 0.05) is 11.7 Å².